The lowest BCUT2D eigenvalue weighted by Crippen LogP contribution is -2.17. The maximum Gasteiger partial charge on any atom is 0.263 e. The van der Waals surface area contributed by atoms with Crippen molar-refractivity contribution in [2.24, 2.45) is 0 Å². The second-order valence-corrected chi connectivity index (χ2v) is 8.57. The normalized spacial score (nSPS) is 16.0. The van der Waals surface area contributed by atoms with Gasteiger partial charge in [0.15, 0.2) is 0 Å². The Kier molecular flexibility index (Phi) is 7.72. The average Bonchev–Trinajstić information content (AvgIpc) is 3.05. The Balaban J connectivity index is 1.39. The molecule has 1 aliphatic rings. The van der Waals surface area contributed by atoms with Gasteiger partial charge in [-0.3, -0.25) is 4.79 Å². The molecule has 1 amide bonds. The first-order valence-corrected chi connectivity index (χ1v) is 11.0. The molecule has 0 aliphatic carbocycles. The summed E-state index contributed by atoms with van der Waals surface area (Å²) in [4.78, 5) is 12.3. The van der Waals surface area contributed by atoms with Crippen molar-refractivity contribution in [3.63, 3.8) is 0 Å². The molecule has 0 saturated carbocycles. The van der Waals surface area contributed by atoms with Gasteiger partial charge in [-0.2, -0.15) is 0 Å². The van der Waals surface area contributed by atoms with Gasteiger partial charge in [-0.15, -0.1) is 0 Å². The molecule has 0 aromatic heterocycles. The maximum atomic E-state index is 11.7. The molecule has 1 heterocycles. The zero-order chi connectivity index (χ0) is 20.6. The largest absolute Gasteiger partial charge is 0.493 e. The van der Waals surface area contributed by atoms with Crippen molar-refractivity contribution < 1.29 is 14.3 Å². The number of benzene rings is 2. The quantitative estimate of drug-likeness (QED) is 0.324. The molecule has 0 radical (unpaired) electrons. The van der Waals surface area contributed by atoms with E-state index in [0.717, 1.165) is 29.9 Å². The SMILES string of the molecule is CCC(C)c1ccc(OCCCOc2ccc(C=C3SC(=S)NC3=O)cc2)cc1. The maximum absolute atomic E-state index is 11.7. The third-order valence-electron chi connectivity index (χ3n) is 4.71. The van der Waals surface area contributed by atoms with Crippen LogP contribution in [0, 0.1) is 0 Å². The monoisotopic (exact) mass is 427 g/mol. The van der Waals surface area contributed by atoms with Gasteiger partial charge in [-0.25, -0.2) is 0 Å². The Bertz CT molecular complexity index is 876. The predicted octanol–water partition coefficient (Wildman–Crippen LogP) is 5.54. The number of ether oxygens (including phenoxy) is 2. The van der Waals surface area contributed by atoms with Gasteiger partial charge in [0, 0.05) is 6.42 Å². The molecule has 4 nitrogen and oxygen atoms in total. The molecule has 1 atom stereocenters. The van der Waals surface area contributed by atoms with E-state index in [0.29, 0.717) is 28.4 Å². The van der Waals surface area contributed by atoms with Gasteiger partial charge >= 0.3 is 0 Å². The summed E-state index contributed by atoms with van der Waals surface area (Å²) in [6.45, 7) is 5.62. The second kappa shape index (κ2) is 10.5. The van der Waals surface area contributed by atoms with E-state index in [1.165, 1.54) is 17.3 Å². The third-order valence-corrected chi connectivity index (χ3v) is 5.87. The Hall–Kier alpha value is -2.31. The summed E-state index contributed by atoms with van der Waals surface area (Å²) >= 11 is 6.27. The van der Waals surface area contributed by atoms with Crippen LogP contribution in [0.4, 0.5) is 0 Å². The van der Waals surface area contributed by atoms with E-state index < -0.39 is 0 Å². The van der Waals surface area contributed by atoms with Crippen LogP contribution < -0.4 is 14.8 Å². The minimum Gasteiger partial charge on any atom is -0.493 e. The van der Waals surface area contributed by atoms with Gasteiger partial charge in [-0.05, 0) is 53.8 Å². The zero-order valence-electron chi connectivity index (χ0n) is 16.6. The summed E-state index contributed by atoms with van der Waals surface area (Å²) in [6.07, 6.45) is 3.76. The van der Waals surface area contributed by atoms with Crippen molar-refractivity contribution in [2.75, 3.05) is 13.2 Å². The van der Waals surface area contributed by atoms with E-state index in [1.54, 1.807) is 0 Å². The number of carbonyl (C=O) groups is 1. The molecule has 1 saturated heterocycles. The molecule has 2 aromatic rings. The summed E-state index contributed by atoms with van der Waals surface area (Å²) in [7, 11) is 0. The van der Waals surface area contributed by atoms with E-state index >= 15 is 0 Å². The molecule has 6 heteroatoms. The Morgan fingerprint density at radius 2 is 1.62 bits per heavy atom. The van der Waals surface area contributed by atoms with Crippen LogP contribution in [0.3, 0.4) is 0 Å². The molecular weight excluding hydrogens is 402 g/mol. The highest BCUT2D eigenvalue weighted by Gasteiger charge is 2.21. The summed E-state index contributed by atoms with van der Waals surface area (Å²) < 4.78 is 12.0. The number of thioether (sulfide) groups is 1. The van der Waals surface area contributed by atoms with E-state index in [1.807, 2.05) is 42.5 Å². The first-order chi connectivity index (χ1) is 14.0. The van der Waals surface area contributed by atoms with E-state index in [4.69, 9.17) is 21.7 Å². The van der Waals surface area contributed by atoms with Crippen molar-refractivity contribution in [2.45, 2.75) is 32.6 Å². The Morgan fingerprint density at radius 3 is 2.14 bits per heavy atom. The average molecular weight is 428 g/mol. The van der Waals surface area contributed by atoms with Gasteiger partial charge in [0.2, 0.25) is 0 Å². The van der Waals surface area contributed by atoms with E-state index in [-0.39, 0.29) is 5.91 Å². The van der Waals surface area contributed by atoms with Crippen molar-refractivity contribution in [3.05, 3.63) is 64.6 Å². The highest BCUT2D eigenvalue weighted by molar-refractivity contribution is 8.26. The highest BCUT2D eigenvalue weighted by Crippen LogP contribution is 2.26. The summed E-state index contributed by atoms with van der Waals surface area (Å²) in [5, 5.41) is 2.61. The van der Waals surface area contributed by atoms with Crippen molar-refractivity contribution in [1.29, 1.82) is 0 Å². The van der Waals surface area contributed by atoms with Crippen LogP contribution in [0.1, 0.15) is 43.7 Å². The van der Waals surface area contributed by atoms with Crippen molar-refractivity contribution >= 4 is 40.3 Å². The van der Waals surface area contributed by atoms with Gasteiger partial charge in [-0.1, -0.05) is 62.1 Å². The molecule has 0 spiro atoms. The minimum atomic E-state index is -0.144. The molecule has 3 rings (SSSR count). The molecule has 2 aromatic carbocycles. The fourth-order valence-corrected chi connectivity index (χ4v) is 3.84. The van der Waals surface area contributed by atoms with Crippen LogP contribution in [0.2, 0.25) is 0 Å². The predicted molar refractivity (Wildman–Crippen MR) is 124 cm³/mol. The smallest absolute Gasteiger partial charge is 0.263 e. The van der Waals surface area contributed by atoms with Crippen molar-refractivity contribution in [3.8, 4) is 11.5 Å². The topological polar surface area (TPSA) is 47.6 Å². The number of carbonyl (C=O) groups excluding carboxylic acids is 1. The first kappa shape index (κ1) is 21.4. The zero-order valence-corrected chi connectivity index (χ0v) is 18.3. The fraction of sp³-hybridized carbons (Fsp3) is 0.304. The first-order valence-electron chi connectivity index (χ1n) is 9.75. The summed E-state index contributed by atoms with van der Waals surface area (Å²) in [6, 6.07) is 16.0. The Morgan fingerprint density at radius 1 is 1.03 bits per heavy atom. The molecule has 1 aliphatic heterocycles. The van der Waals surface area contributed by atoms with Crippen LogP contribution in [0.5, 0.6) is 11.5 Å². The van der Waals surface area contributed by atoms with Crippen LogP contribution in [0.15, 0.2) is 53.4 Å². The minimum absolute atomic E-state index is 0.144. The molecular formula is C23H25NO3S2. The van der Waals surface area contributed by atoms with Crippen LogP contribution in [-0.4, -0.2) is 23.4 Å². The van der Waals surface area contributed by atoms with Gasteiger partial charge in [0.25, 0.3) is 5.91 Å². The van der Waals surface area contributed by atoms with E-state index in [2.05, 4.69) is 31.3 Å². The highest BCUT2D eigenvalue weighted by atomic mass is 32.2. The fourth-order valence-electron chi connectivity index (χ4n) is 2.80. The second-order valence-electron chi connectivity index (χ2n) is 6.85. The molecule has 152 valence electrons. The van der Waals surface area contributed by atoms with Crippen LogP contribution in [-0.2, 0) is 4.79 Å². The summed E-state index contributed by atoms with van der Waals surface area (Å²) in [5.41, 5.74) is 2.28. The molecule has 0 bridgehead atoms. The number of thiocarbonyl (C=S) groups is 1. The Labute approximate surface area is 181 Å². The number of amides is 1. The lowest BCUT2D eigenvalue weighted by molar-refractivity contribution is -0.115. The summed E-state index contributed by atoms with van der Waals surface area (Å²) in [5.74, 6) is 2.12. The number of nitrogens with one attached hydrogen (secondary N) is 1. The van der Waals surface area contributed by atoms with Gasteiger partial charge in [0.05, 0.1) is 18.1 Å². The van der Waals surface area contributed by atoms with Crippen LogP contribution in [0.25, 0.3) is 6.08 Å². The van der Waals surface area contributed by atoms with Gasteiger partial charge < -0.3 is 14.8 Å². The number of rotatable bonds is 9. The number of hydrogen-bond acceptors (Lipinski definition) is 5. The number of hydrogen-bond donors (Lipinski definition) is 1. The lowest BCUT2D eigenvalue weighted by Gasteiger charge is -2.11. The van der Waals surface area contributed by atoms with Gasteiger partial charge in [0.1, 0.15) is 15.8 Å². The molecule has 29 heavy (non-hydrogen) atoms. The van der Waals surface area contributed by atoms with Crippen molar-refractivity contribution in [1.82, 2.24) is 5.32 Å². The molecule has 1 unspecified atom stereocenters. The van der Waals surface area contributed by atoms with E-state index in [9.17, 15) is 4.79 Å². The molecule has 1 fully saturated rings. The lowest BCUT2D eigenvalue weighted by atomic mass is 9.99. The van der Waals surface area contributed by atoms with Crippen LogP contribution >= 0.6 is 24.0 Å². The molecule has 1 N–H and O–H groups in total. The standard InChI is InChI=1S/C23H25NO3S2/c1-3-16(2)18-7-11-20(12-8-18)27-14-4-13-26-19-9-5-17(6-10-19)15-21-22(25)24-23(28)29-21/h5-12,15-16H,3-4,13-14H2,1-2H3,(H,24,25,28). The third kappa shape index (κ3) is 6.34.